The molecule has 1 aromatic carbocycles. The first kappa shape index (κ1) is 14.9. The Morgan fingerprint density at radius 1 is 1.19 bits per heavy atom. The van der Waals surface area contributed by atoms with Crippen LogP contribution in [0.4, 0.5) is 10.2 Å². The predicted molar refractivity (Wildman–Crippen MR) is 95.5 cm³/mol. The summed E-state index contributed by atoms with van der Waals surface area (Å²) < 4.78 is 16.0. The van der Waals surface area contributed by atoms with Gasteiger partial charge in [-0.05, 0) is 30.7 Å². The van der Waals surface area contributed by atoms with Gasteiger partial charge in [0.05, 0.1) is 24.1 Å². The molecular weight excluding hydrogens is 349 g/mol. The Morgan fingerprint density at radius 3 is 3.00 bits per heavy atom. The van der Waals surface area contributed by atoms with Gasteiger partial charge in [-0.3, -0.25) is 4.57 Å². The van der Waals surface area contributed by atoms with Gasteiger partial charge in [-0.25, -0.2) is 15.0 Å². The molecule has 3 aliphatic heterocycles. The first-order chi connectivity index (χ1) is 13.3. The fraction of sp³-hybridized carbons (Fsp3) is 0.294. The number of para-hydroxylation sites is 1. The maximum atomic E-state index is 14.5. The fourth-order valence-corrected chi connectivity index (χ4v) is 4.11. The van der Waals surface area contributed by atoms with Gasteiger partial charge in [0.15, 0.2) is 12.0 Å². The third kappa shape index (κ3) is 1.95. The SMILES string of the molecule is Fc1ncc2n1-c1ccccc1C1N=CN(n3nncc3C3CCCN3)N21. The zero-order valence-corrected chi connectivity index (χ0v) is 14.3. The van der Waals surface area contributed by atoms with Crippen LogP contribution >= 0.6 is 0 Å². The molecule has 27 heavy (non-hydrogen) atoms. The number of halogens is 1. The number of hydrogen-bond acceptors (Lipinski definition) is 7. The van der Waals surface area contributed by atoms with E-state index in [1.807, 2.05) is 29.3 Å². The van der Waals surface area contributed by atoms with Crippen LogP contribution in [0, 0.1) is 6.08 Å². The summed E-state index contributed by atoms with van der Waals surface area (Å²) in [4.78, 5) is 10.3. The maximum absolute atomic E-state index is 14.5. The molecule has 136 valence electrons. The van der Waals surface area contributed by atoms with E-state index in [4.69, 9.17) is 0 Å². The van der Waals surface area contributed by atoms with Crippen LogP contribution in [0.25, 0.3) is 5.69 Å². The molecule has 3 aliphatic rings. The molecule has 5 heterocycles. The molecule has 9 nitrogen and oxygen atoms in total. The first-order valence-electron chi connectivity index (χ1n) is 8.91. The summed E-state index contributed by atoms with van der Waals surface area (Å²) in [5.74, 6) is 0.592. The van der Waals surface area contributed by atoms with Crippen molar-refractivity contribution in [3.8, 4) is 5.69 Å². The quantitative estimate of drug-likeness (QED) is 0.740. The Morgan fingerprint density at radius 2 is 2.11 bits per heavy atom. The number of aromatic nitrogens is 5. The van der Waals surface area contributed by atoms with Crippen molar-refractivity contribution >= 4 is 12.2 Å². The van der Waals surface area contributed by atoms with Gasteiger partial charge in [-0.1, -0.05) is 18.2 Å². The van der Waals surface area contributed by atoms with Gasteiger partial charge in [-0.15, -0.1) is 9.89 Å². The van der Waals surface area contributed by atoms with Crippen LogP contribution in [-0.2, 0) is 0 Å². The van der Waals surface area contributed by atoms with Crippen molar-refractivity contribution < 1.29 is 4.39 Å². The molecule has 0 radical (unpaired) electrons. The third-order valence-corrected chi connectivity index (χ3v) is 5.32. The number of nitrogens with zero attached hydrogens (tertiary/aromatic N) is 8. The van der Waals surface area contributed by atoms with E-state index in [2.05, 4.69) is 25.6 Å². The molecular formula is C17H16FN9. The van der Waals surface area contributed by atoms with Crippen LogP contribution in [0.1, 0.15) is 36.3 Å². The van der Waals surface area contributed by atoms with Crippen LogP contribution in [0.5, 0.6) is 0 Å². The summed E-state index contributed by atoms with van der Waals surface area (Å²) in [5.41, 5.74) is 2.60. The lowest BCUT2D eigenvalue weighted by atomic mass is 10.1. The molecule has 2 aromatic heterocycles. The van der Waals surface area contributed by atoms with Gasteiger partial charge in [0.1, 0.15) is 12.0 Å². The standard InChI is InChI=1S/C17H16FN9/c18-17-20-9-15-25(17)13-6-2-1-4-11(13)16-21-10-24(26(15)16)27-14(8-22-23-27)12-5-3-7-19-12/h1-2,4,6,8-10,12,16,19H,3,5,7H2. The number of hydrazine groups is 1. The van der Waals surface area contributed by atoms with Gasteiger partial charge >= 0.3 is 0 Å². The van der Waals surface area contributed by atoms with E-state index in [0.717, 1.165) is 36.3 Å². The van der Waals surface area contributed by atoms with Crippen LogP contribution < -0.4 is 15.4 Å². The molecule has 0 bridgehead atoms. The van der Waals surface area contributed by atoms with Gasteiger partial charge in [0.2, 0.25) is 0 Å². The molecule has 2 atom stereocenters. The zero-order chi connectivity index (χ0) is 18.0. The van der Waals surface area contributed by atoms with E-state index in [1.54, 1.807) is 22.4 Å². The van der Waals surface area contributed by atoms with Crippen LogP contribution in [0.3, 0.4) is 0 Å². The van der Waals surface area contributed by atoms with E-state index in [9.17, 15) is 4.39 Å². The average molecular weight is 365 g/mol. The van der Waals surface area contributed by atoms with Crippen molar-refractivity contribution in [2.45, 2.75) is 25.0 Å². The highest BCUT2D eigenvalue weighted by atomic mass is 19.1. The maximum Gasteiger partial charge on any atom is 0.295 e. The highest BCUT2D eigenvalue weighted by Crippen LogP contribution is 2.42. The number of nitrogens with one attached hydrogen (secondary N) is 1. The highest BCUT2D eigenvalue weighted by Gasteiger charge is 2.41. The number of rotatable bonds is 2. The van der Waals surface area contributed by atoms with Crippen molar-refractivity contribution in [3.05, 3.63) is 54.0 Å². The number of imidazole rings is 1. The first-order valence-corrected chi connectivity index (χ1v) is 8.91. The third-order valence-electron chi connectivity index (χ3n) is 5.32. The van der Waals surface area contributed by atoms with Gasteiger partial charge in [0, 0.05) is 5.56 Å². The Bertz CT molecular complexity index is 1050. The Kier molecular flexibility index (Phi) is 2.95. The number of aliphatic imine (C=N–C) groups is 1. The molecule has 0 saturated carbocycles. The summed E-state index contributed by atoms with van der Waals surface area (Å²) in [7, 11) is 0. The molecule has 1 N–H and O–H groups in total. The van der Waals surface area contributed by atoms with Crippen molar-refractivity contribution in [3.63, 3.8) is 0 Å². The summed E-state index contributed by atoms with van der Waals surface area (Å²) >= 11 is 0. The average Bonchev–Trinajstić information content (AvgIpc) is 3.46. The second kappa shape index (κ2) is 5.36. The Balaban J connectivity index is 1.49. The number of benzene rings is 1. The molecule has 3 aromatic rings. The highest BCUT2D eigenvalue weighted by molar-refractivity contribution is 5.78. The van der Waals surface area contributed by atoms with E-state index >= 15 is 0 Å². The minimum absolute atomic E-state index is 0.186. The lowest BCUT2D eigenvalue weighted by molar-refractivity contribution is 0.479. The Hall–Kier alpha value is -3.27. The van der Waals surface area contributed by atoms with Crippen molar-refractivity contribution in [1.29, 1.82) is 0 Å². The molecule has 6 rings (SSSR count). The summed E-state index contributed by atoms with van der Waals surface area (Å²) in [6.45, 7) is 0.974. The molecule has 0 spiro atoms. The number of hydrogen-bond donors (Lipinski definition) is 1. The molecule has 1 fully saturated rings. The minimum Gasteiger partial charge on any atom is -0.309 e. The minimum atomic E-state index is -0.556. The summed E-state index contributed by atoms with van der Waals surface area (Å²) in [5, 5.41) is 15.5. The topological polar surface area (TPSA) is 79.4 Å². The monoisotopic (exact) mass is 365 g/mol. The fourth-order valence-electron chi connectivity index (χ4n) is 4.11. The zero-order valence-electron chi connectivity index (χ0n) is 14.3. The molecule has 0 aliphatic carbocycles. The van der Waals surface area contributed by atoms with E-state index in [0.29, 0.717) is 5.82 Å². The van der Waals surface area contributed by atoms with Crippen LogP contribution in [-0.4, -0.2) is 37.5 Å². The van der Waals surface area contributed by atoms with Crippen LogP contribution in [0.2, 0.25) is 0 Å². The lowest BCUT2D eigenvalue weighted by Crippen LogP contribution is -2.50. The Labute approximate surface area is 153 Å². The van der Waals surface area contributed by atoms with E-state index in [1.165, 1.54) is 10.8 Å². The van der Waals surface area contributed by atoms with E-state index < -0.39 is 6.08 Å². The molecule has 1 saturated heterocycles. The predicted octanol–water partition coefficient (Wildman–Crippen LogP) is 1.44. The normalized spacial score (nSPS) is 22.9. The van der Waals surface area contributed by atoms with E-state index in [-0.39, 0.29) is 12.2 Å². The number of anilines is 1. The largest absolute Gasteiger partial charge is 0.309 e. The second-order valence-electron chi connectivity index (χ2n) is 6.78. The molecule has 2 unspecified atom stereocenters. The molecule has 0 amide bonds. The van der Waals surface area contributed by atoms with Gasteiger partial charge in [-0.2, -0.15) is 9.51 Å². The smallest absolute Gasteiger partial charge is 0.295 e. The van der Waals surface area contributed by atoms with Crippen molar-refractivity contribution in [1.82, 2.24) is 30.0 Å². The summed E-state index contributed by atoms with van der Waals surface area (Å²) in [6.07, 6.45) is 6.26. The summed E-state index contributed by atoms with van der Waals surface area (Å²) in [6, 6.07) is 7.83. The van der Waals surface area contributed by atoms with Crippen molar-refractivity contribution in [2.75, 3.05) is 16.7 Å². The number of fused-ring (bicyclic) bond motifs is 6. The van der Waals surface area contributed by atoms with Gasteiger partial charge < -0.3 is 5.32 Å². The van der Waals surface area contributed by atoms with Crippen LogP contribution in [0.15, 0.2) is 41.7 Å². The van der Waals surface area contributed by atoms with Gasteiger partial charge in [0.25, 0.3) is 6.08 Å². The van der Waals surface area contributed by atoms with Crippen molar-refractivity contribution in [2.24, 2.45) is 4.99 Å². The molecule has 10 heteroatoms. The second-order valence-corrected chi connectivity index (χ2v) is 6.78. The lowest BCUT2D eigenvalue weighted by Gasteiger charge is -2.37.